The summed E-state index contributed by atoms with van der Waals surface area (Å²) in [5.74, 6) is -0.370. The average Bonchev–Trinajstić information content (AvgIpc) is 2.34. The second-order valence-electron chi connectivity index (χ2n) is 3.69. The van der Waals surface area contributed by atoms with Gasteiger partial charge in [-0.25, -0.2) is 4.39 Å². The van der Waals surface area contributed by atoms with Crippen molar-refractivity contribution < 1.29 is 14.6 Å². The van der Waals surface area contributed by atoms with Gasteiger partial charge in [0, 0.05) is 11.6 Å². The molecule has 0 amide bonds. The normalized spacial score (nSPS) is 10.9. The molecule has 2 N–H and O–H groups in total. The highest BCUT2D eigenvalue weighted by Crippen LogP contribution is 2.23. The van der Waals surface area contributed by atoms with Crippen LogP contribution in [0.2, 0.25) is 0 Å². The van der Waals surface area contributed by atoms with Gasteiger partial charge in [0.25, 0.3) is 0 Å². The molecule has 0 aliphatic rings. The van der Waals surface area contributed by atoms with Crippen LogP contribution in [-0.4, -0.2) is 10.2 Å². The number of hydrogen-bond donors (Lipinski definition) is 2. The zero-order chi connectivity index (χ0) is 13.0. The Hall–Kier alpha value is -2.43. The van der Waals surface area contributed by atoms with Crippen molar-refractivity contribution in [1.82, 2.24) is 0 Å². The first-order valence-electron chi connectivity index (χ1n) is 5.29. The lowest BCUT2D eigenvalue weighted by molar-refractivity contribution is 0.446. The Morgan fingerprint density at radius 1 is 1.00 bits per heavy atom. The summed E-state index contributed by atoms with van der Waals surface area (Å²) in [6.45, 7) is 0.184. The highest BCUT2D eigenvalue weighted by Gasteiger charge is 2.01. The summed E-state index contributed by atoms with van der Waals surface area (Å²) in [5.41, 5.74) is 1.09. The van der Waals surface area contributed by atoms with Gasteiger partial charge in [0.15, 0.2) is 0 Å². The van der Waals surface area contributed by atoms with Gasteiger partial charge in [-0.05, 0) is 36.4 Å². The third-order valence-corrected chi connectivity index (χ3v) is 2.32. The lowest BCUT2D eigenvalue weighted by Crippen LogP contribution is -1.81. The maximum absolute atomic E-state index is 12.6. The molecule has 0 bridgehead atoms. The molecule has 92 valence electrons. The van der Waals surface area contributed by atoms with Crippen LogP contribution in [0.4, 0.5) is 10.1 Å². The van der Waals surface area contributed by atoms with Gasteiger partial charge in [0.05, 0.1) is 12.2 Å². The molecule has 5 heteroatoms. The van der Waals surface area contributed by atoms with E-state index in [4.69, 9.17) is 5.11 Å². The quantitative estimate of drug-likeness (QED) is 0.814. The summed E-state index contributed by atoms with van der Waals surface area (Å²) in [7, 11) is 0. The molecule has 0 spiro atoms. The summed E-state index contributed by atoms with van der Waals surface area (Å²) >= 11 is 0. The molecule has 0 saturated carbocycles. The molecule has 0 aliphatic heterocycles. The molecule has 0 aromatic heterocycles. The summed E-state index contributed by atoms with van der Waals surface area (Å²) in [4.78, 5) is 0. The highest BCUT2D eigenvalue weighted by atomic mass is 19.1. The number of halogens is 1. The van der Waals surface area contributed by atoms with Gasteiger partial charge in [-0.15, -0.1) is 0 Å². The monoisotopic (exact) mass is 246 g/mol. The van der Waals surface area contributed by atoms with Gasteiger partial charge in [0.2, 0.25) is 0 Å². The van der Waals surface area contributed by atoms with E-state index in [1.165, 1.54) is 36.4 Å². The molecule has 0 heterocycles. The Labute approximate surface area is 103 Å². The molecule has 0 radical (unpaired) electrons. The molecule has 0 atom stereocenters. The maximum atomic E-state index is 12.6. The van der Waals surface area contributed by atoms with Crippen molar-refractivity contribution in [3.63, 3.8) is 0 Å². The Balaban J connectivity index is 2.05. The van der Waals surface area contributed by atoms with Crippen LogP contribution < -0.4 is 0 Å². The molecular formula is C13H11FN2O2. The van der Waals surface area contributed by atoms with E-state index in [0.717, 1.165) is 0 Å². The van der Waals surface area contributed by atoms with E-state index in [1.54, 1.807) is 6.07 Å². The number of aromatic hydroxyl groups is 2. The minimum atomic E-state index is -0.329. The van der Waals surface area contributed by atoms with Crippen molar-refractivity contribution in [1.29, 1.82) is 0 Å². The molecule has 0 unspecified atom stereocenters. The zero-order valence-electron chi connectivity index (χ0n) is 9.42. The molecule has 2 aromatic rings. The molecule has 0 saturated heterocycles. The van der Waals surface area contributed by atoms with Crippen LogP contribution in [0.15, 0.2) is 52.7 Å². The summed E-state index contributed by atoms with van der Waals surface area (Å²) in [6.07, 6.45) is 0. The Morgan fingerprint density at radius 2 is 1.72 bits per heavy atom. The topological polar surface area (TPSA) is 65.2 Å². The summed E-state index contributed by atoms with van der Waals surface area (Å²) in [5, 5.41) is 26.4. The van der Waals surface area contributed by atoms with Crippen molar-refractivity contribution >= 4 is 5.69 Å². The van der Waals surface area contributed by atoms with Crippen molar-refractivity contribution in [2.45, 2.75) is 6.54 Å². The molecule has 0 fully saturated rings. The van der Waals surface area contributed by atoms with Gasteiger partial charge in [-0.2, -0.15) is 10.2 Å². The Bertz CT molecular complexity index is 568. The van der Waals surface area contributed by atoms with Crippen LogP contribution in [0.25, 0.3) is 0 Å². The second kappa shape index (κ2) is 5.27. The van der Waals surface area contributed by atoms with Gasteiger partial charge in [-0.1, -0.05) is 0 Å². The molecule has 2 rings (SSSR count). The second-order valence-corrected chi connectivity index (χ2v) is 3.69. The predicted molar refractivity (Wildman–Crippen MR) is 64.4 cm³/mol. The Morgan fingerprint density at radius 3 is 2.39 bits per heavy atom. The zero-order valence-corrected chi connectivity index (χ0v) is 9.42. The van der Waals surface area contributed by atoms with Crippen LogP contribution in [-0.2, 0) is 6.54 Å². The van der Waals surface area contributed by atoms with Crippen LogP contribution in [0.3, 0.4) is 0 Å². The number of nitrogens with zero attached hydrogens (tertiary/aromatic N) is 2. The van der Waals surface area contributed by atoms with E-state index >= 15 is 0 Å². The van der Waals surface area contributed by atoms with E-state index in [-0.39, 0.29) is 23.9 Å². The molecule has 2 aromatic carbocycles. The third-order valence-electron chi connectivity index (χ3n) is 2.32. The van der Waals surface area contributed by atoms with Crippen LogP contribution in [0.5, 0.6) is 11.5 Å². The number of rotatable bonds is 3. The number of benzene rings is 2. The standard InChI is InChI=1S/C13H11FN2O2/c14-10-2-4-11(5-3-10)16-15-8-9-1-6-12(17)7-13(9)18/h1-7,17-18H,8H2. The fraction of sp³-hybridized carbons (Fsp3) is 0.0769. The largest absolute Gasteiger partial charge is 0.508 e. The predicted octanol–water partition coefficient (Wildman–Crippen LogP) is 3.52. The lowest BCUT2D eigenvalue weighted by atomic mass is 10.2. The average molecular weight is 246 g/mol. The van der Waals surface area contributed by atoms with E-state index < -0.39 is 0 Å². The number of phenols is 2. The number of azo groups is 1. The maximum Gasteiger partial charge on any atom is 0.124 e. The van der Waals surface area contributed by atoms with Gasteiger partial charge >= 0.3 is 0 Å². The first-order chi connectivity index (χ1) is 8.65. The van der Waals surface area contributed by atoms with Crippen LogP contribution >= 0.6 is 0 Å². The van der Waals surface area contributed by atoms with Crippen LogP contribution in [0, 0.1) is 5.82 Å². The van der Waals surface area contributed by atoms with E-state index in [2.05, 4.69) is 10.2 Å². The van der Waals surface area contributed by atoms with Gasteiger partial charge < -0.3 is 10.2 Å². The SMILES string of the molecule is Oc1ccc(CN=Nc2ccc(F)cc2)c(O)c1. The van der Waals surface area contributed by atoms with Crippen molar-refractivity contribution in [2.75, 3.05) is 0 Å². The summed E-state index contributed by atoms with van der Waals surface area (Å²) in [6, 6.07) is 9.88. The van der Waals surface area contributed by atoms with Gasteiger partial charge in [-0.3, -0.25) is 0 Å². The van der Waals surface area contributed by atoms with E-state index in [0.29, 0.717) is 11.3 Å². The highest BCUT2D eigenvalue weighted by molar-refractivity contribution is 5.39. The molecule has 0 aliphatic carbocycles. The summed E-state index contributed by atoms with van der Waals surface area (Å²) < 4.78 is 12.6. The van der Waals surface area contributed by atoms with Crippen molar-refractivity contribution in [3.05, 3.63) is 53.8 Å². The molecular weight excluding hydrogens is 235 g/mol. The lowest BCUT2D eigenvalue weighted by Gasteiger charge is -2.00. The minimum Gasteiger partial charge on any atom is -0.508 e. The minimum absolute atomic E-state index is 0.00766. The first kappa shape index (κ1) is 12.0. The number of hydrogen-bond acceptors (Lipinski definition) is 4. The fourth-order valence-electron chi connectivity index (χ4n) is 1.39. The Kier molecular flexibility index (Phi) is 3.52. The van der Waals surface area contributed by atoms with E-state index in [9.17, 15) is 9.50 Å². The van der Waals surface area contributed by atoms with Crippen molar-refractivity contribution in [2.24, 2.45) is 10.2 Å². The third kappa shape index (κ3) is 3.04. The van der Waals surface area contributed by atoms with Crippen LogP contribution in [0.1, 0.15) is 5.56 Å². The molecule has 18 heavy (non-hydrogen) atoms. The van der Waals surface area contributed by atoms with Gasteiger partial charge in [0.1, 0.15) is 17.3 Å². The smallest absolute Gasteiger partial charge is 0.124 e. The number of phenolic OH excluding ortho intramolecular Hbond substituents is 2. The molecule has 4 nitrogen and oxygen atoms in total. The van der Waals surface area contributed by atoms with E-state index in [1.807, 2.05) is 0 Å². The first-order valence-corrected chi connectivity index (χ1v) is 5.29. The van der Waals surface area contributed by atoms with Crippen molar-refractivity contribution in [3.8, 4) is 11.5 Å². The fourth-order valence-corrected chi connectivity index (χ4v) is 1.39.